The van der Waals surface area contributed by atoms with E-state index < -0.39 is 23.8 Å². The number of hydrogen-bond acceptors (Lipinski definition) is 10. The van der Waals surface area contributed by atoms with E-state index in [4.69, 9.17) is 9.47 Å². The zero-order chi connectivity index (χ0) is 40.1. The lowest BCUT2D eigenvalue weighted by Gasteiger charge is -2.09. The number of aryl methyl sites for hydroxylation is 2. The van der Waals surface area contributed by atoms with Crippen LogP contribution in [-0.2, 0) is 31.9 Å². The van der Waals surface area contributed by atoms with Gasteiger partial charge >= 0.3 is 11.9 Å². The van der Waals surface area contributed by atoms with Crippen molar-refractivity contribution in [2.45, 2.75) is 181 Å². The van der Waals surface area contributed by atoms with E-state index in [1.54, 1.807) is 22.7 Å². The monoisotopic (exact) mass is 836 g/mol. The first-order valence-corrected chi connectivity index (χ1v) is 24.9. The van der Waals surface area contributed by atoms with E-state index in [1.165, 1.54) is 109 Å². The van der Waals surface area contributed by atoms with Crippen molar-refractivity contribution < 1.29 is 19.1 Å². The first-order valence-electron chi connectivity index (χ1n) is 21.6. The van der Waals surface area contributed by atoms with Crippen LogP contribution in [0, 0.1) is 22.7 Å². The van der Waals surface area contributed by atoms with Gasteiger partial charge < -0.3 is 9.47 Å². The minimum atomic E-state index is -1.02. The molecule has 0 saturated carbocycles. The first-order chi connectivity index (χ1) is 27.4. The lowest BCUT2D eigenvalue weighted by molar-refractivity contribution is -0.145. The molecule has 2 atom stereocenters. The largest absolute Gasteiger partial charge is 0.464 e. The molecule has 0 fully saturated rings. The third kappa shape index (κ3) is 13.1. The van der Waals surface area contributed by atoms with Crippen LogP contribution in [0.25, 0.3) is 29.9 Å². The molecular formula is C46H64N2O4S4. The zero-order valence-corrected chi connectivity index (χ0v) is 37.7. The number of rotatable bonds is 29. The molecule has 0 bridgehead atoms. The summed E-state index contributed by atoms with van der Waals surface area (Å²) in [6.07, 6.45) is 24.3. The van der Waals surface area contributed by atoms with Crippen LogP contribution in [0.1, 0.15) is 187 Å². The summed E-state index contributed by atoms with van der Waals surface area (Å²) in [7, 11) is 0. The molecule has 0 radical (unpaired) electrons. The van der Waals surface area contributed by atoms with Crippen LogP contribution in [0.5, 0.6) is 0 Å². The van der Waals surface area contributed by atoms with Crippen molar-refractivity contribution in [3.63, 3.8) is 0 Å². The number of esters is 2. The Balaban J connectivity index is 1.71. The summed E-state index contributed by atoms with van der Waals surface area (Å²) < 4.78 is 13.7. The van der Waals surface area contributed by atoms with Crippen LogP contribution in [0.4, 0.5) is 0 Å². The maximum absolute atomic E-state index is 13.6. The number of thiophene rings is 4. The number of ether oxygens (including phenoxy) is 2. The molecule has 4 aromatic heterocycles. The van der Waals surface area contributed by atoms with Gasteiger partial charge in [0.1, 0.15) is 0 Å². The van der Waals surface area contributed by atoms with Crippen LogP contribution >= 0.6 is 45.3 Å². The van der Waals surface area contributed by atoms with E-state index in [2.05, 4.69) is 52.0 Å². The summed E-state index contributed by atoms with van der Waals surface area (Å²) in [5.74, 6) is -3.00. The van der Waals surface area contributed by atoms with Crippen molar-refractivity contribution in [1.29, 1.82) is 10.5 Å². The number of carbonyl (C=O) groups excluding carboxylic acids is 2. The lowest BCUT2D eigenvalue weighted by Crippen LogP contribution is -2.14. The second-order valence-corrected chi connectivity index (χ2v) is 19.5. The fourth-order valence-corrected chi connectivity index (χ4v) is 12.8. The zero-order valence-electron chi connectivity index (χ0n) is 34.4. The summed E-state index contributed by atoms with van der Waals surface area (Å²) in [6.45, 7) is 9.49. The standard InChI is InChI=1S/C46H64N2O4S4/c1-5-9-13-17-19-23-27-51-45(49)37(31-47)39-35-29-33(25-21-15-11-7-3)53-41(35)43(55-39)44-42-36(30-34(54-42)26-22-16-12-8-4)40(56-44)38(32-48)46(50)52-28-24-20-18-14-10-6-2/h29-30,37-38H,5-28H2,1-4H3. The SMILES string of the molecule is CCCCCCCCOC(=O)C(C#N)c1sc(-c2sc(C(C#N)C(=O)OCCCCCCCC)c3cc(CCCCCC)sc23)c2sc(CCCCCC)cc12. The molecule has 0 aromatic carbocycles. The predicted octanol–water partition coefficient (Wildman–Crippen LogP) is 15.2. The van der Waals surface area contributed by atoms with Gasteiger partial charge in [0.2, 0.25) is 0 Å². The number of fused-ring (bicyclic) bond motifs is 2. The van der Waals surface area contributed by atoms with Crippen LogP contribution in [0.15, 0.2) is 12.1 Å². The van der Waals surface area contributed by atoms with Gasteiger partial charge in [-0.15, -0.1) is 45.3 Å². The fraction of sp³-hybridized carbons (Fsp3) is 0.652. The van der Waals surface area contributed by atoms with Gasteiger partial charge in [0, 0.05) is 30.3 Å². The Bertz CT molecular complexity index is 1730. The summed E-state index contributed by atoms with van der Waals surface area (Å²) in [5, 5.41) is 22.9. The van der Waals surface area contributed by atoms with Gasteiger partial charge in [-0.05, 0) is 50.7 Å². The van der Waals surface area contributed by atoms with Crippen molar-refractivity contribution >= 4 is 77.5 Å². The van der Waals surface area contributed by atoms with Gasteiger partial charge in [0.05, 0.1) is 44.5 Å². The highest BCUT2D eigenvalue weighted by molar-refractivity contribution is 7.32. The van der Waals surface area contributed by atoms with Crippen molar-refractivity contribution in [2.24, 2.45) is 0 Å². The van der Waals surface area contributed by atoms with E-state index in [0.717, 1.165) is 104 Å². The maximum Gasteiger partial charge on any atom is 0.328 e. The summed E-state index contributed by atoms with van der Waals surface area (Å²) in [6, 6.07) is 9.03. The molecule has 0 saturated heterocycles. The number of nitriles is 2. The van der Waals surface area contributed by atoms with Crippen molar-refractivity contribution in [3.8, 4) is 21.9 Å². The highest BCUT2D eigenvalue weighted by Crippen LogP contribution is 2.53. The molecule has 4 rings (SSSR count). The summed E-state index contributed by atoms with van der Waals surface area (Å²) in [4.78, 5) is 33.2. The topological polar surface area (TPSA) is 100 Å². The first kappa shape index (κ1) is 45.9. The van der Waals surface area contributed by atoms with Gasteiger partial charge in [-0.1, -0.05) is 130 Å². The Hall–Kier alpha value is -2.76. The average molecular weight is 837 g/mol. The predicted molar refractivity (Wildman–Crippen MR) is 239 cm³/mol. The normalized spacial score (nSPS) is 12.5. The Morgan fingerprint density at radius 2 is 0.857 bits per heavy atom. The molecule has 0 aliphatic carbocycles. The lowest BCUT2D eigenvalue weighted by atomic mass is 10.1. The van der Waals surface area contributed by atoms with Gasteiger partial charge in [0.15, 0.2) is 11.8 Å². The van der Waals surface area contributed by atoms with Gasteiger partial charge in [-0.2, -0.15) is 10.5 Å². The number of hydrogen-bond donors (Lipinski definition) is 0. The van der Waals surface area contributed by atoms with Gasteiger partial charge in [-0.25, -0.2) is 0 Å². The van der Waals surface area contributed by atoms with E-state index in [1.807, 2.05) is 0 Å². The summed E-state index contributed by atoms with van der Waals surface area (Å²) in [5.41, 5.74) is 0. The molecule has 4 aromatic rings. The number of unbranched alkanes of at least 4 members (excludes halogenated alkanes) is 16. The average Bonchev–Trinajstić information content (AvgIpc) is 3.97. The van der Waals surface area contributed by atoms with E-state index in [9.17, 15) is 20.1 Å². The smallest absolute Gasteiger partial charge is 0.328 e. The molecule has 6 nitrogen and oxygen atoms in total. The quantitative estimate of drug-likeness (QED) is 0.0399. The molecular weight excluding hydrogens is 773 g/mol. The van der Waals surface area contributed by atoms with E-state index >= 15 is 0 Å². The summed E-state index contributed by atoms with van der Waals surface area (Å²) >= 11 is 6.53. The van der Waals surface area contributed by atoms with Crippen LogP contribution in [-0.4, -0.2) is 25.2 Å². The Morgan fingerprint density at radius 1 is 0.518 bits per heavy atom. The van der Waals surface area contributed by atoms with E-state index in [0.29, 0.717) is 13.2 Å². The minimum Gasteiger partial charge on any atom is -0.464 e. The molecule has 0 spiro atoms. The molecule has 306 valence electrons. The molecule has 0 aliphatic heterocycles. The molecule has 2 unspecified atom stereocenters. The van der Waals surface area contributed by atoms with Crippen molar-refractivity contribution in [1.82, 2.24) is 0 Å². The van der Waals surface area contributed by atoms with Crippen LogP contribution in [0.2, 0.25) is 0 Å². The highest BCUT2D eigenvalue weighted by Gasteiger charge is 2.33. The second-order valence-electron chi connectivity index (χ2n) is 15.1. The molecule has 4 heterocycles. The number of nitrogens with zero attached hydrogens (tertiary/aromatic N) is 2. The molecule has 0 N–H and O–H groups in total. The van der Waals surface area contributed by atoms with E-state index in [-0.39, 0.29) is 0 Å². The Kier molecular flexibility index (Phi) is 21.0. The molecule has 0 aliphatic rings. The van der Waals surface area contributed by atoms with Crippen molar-refractivity contribution in [2.75, 3.05) is 13.2 Å². The fourth-order valence-electron chi connectivity index (χ4n) is 7.15. The van der Waals surface area contributed by atoms with Gasteiger partial charge in [0.25, 0.3) is 0 Å². The maximum atomic E-state index is 13.6. The Labute approximate surface area is 352 Å². The van der Waals surface area contributed by atoms with Crippen LogP contribution in [0.3, 0.4) is 0 Å². The molecule has 56 heavy (non-hydrogen) atoms. The minimum absolute atomic E-state index is 0.326. The van der Waals surface area contributed by atoms with Crippen LogP contribution < -0.4 is 0 Å². The number of carbonyl (C=O) groups is 2. The van der Waals surface area contributed by atoms with Gasteiger partial charge in [-0.3, -0.25) is 9.59 Å². The second kappa shape index (κ2) is 25.6. The molecule has 10 heteroatoms. The third-order valence-corrected chi connectivity index (χ3v) is 15.8. The third-order valence-electron chi connectivity index (χ3n) is 10.4. The molecule has 0 amide bonds. The Morgan fingerprint density at radius 3 is 1.21 bits per heavy atom. The van der Waals surface area contributed by atoms with Crippen molar-refractivity contribution in [3.05, 3.63) is 31.6 Å². The highest BCUT2D eigenvalue weighted by atomic mass is 32.1.